The molecular weight excluding hydrogens is 284 g/mol. The molecule has 2 heterocycles. The van der Waals surface area contributed by atoms with Crippen LogP contribution in [0.5, 0.6) is 0 Å². The number of rotatable bonds is 3. The molecule has 1 aromatic carbocycles. The van der Waals surface area contributed by atoms with Gasteiger partial charge in [0.05, 0.1) is 0 Å². The minimum absolute atomic E-state index is 0.577. The second-order valence-electron chi connectivity index (χ2n) is 6.68. The van der Waals surface area contributed by atoms with Gasteiger partial charge in [-0.1, -0.05) is 43.5 Å². The van der Waals surface area contributed by atoms with Crippen molar-refractivity contribution in [1.82, 2.24) is 9.97 Å². The summed E-state index contributed by atoms with van der Waals surface area (Å²) in [4.78, 5) is 11.3. The molecule has 1 aliphatic heterocycles. The maximum atomic E-state index is 4.50. The van der Waals surface area contributed by atoms with E-state index in [0.29, 0.717) is 6.04 Å². The van der Waals surface area contributed by atoms with Gasteiger partial charge in [-0.3, -0.25) is 0 Å². The Morgan fingerprint density at radius 1 is 1.00 bits per heavy atom. The number of aromatic nitrogens is 2. The van der Waals surface area contributed by atoms with Gasteiger partial charge in [0.2, 0.25) is 0 Å². The van der Waals surface area contributed by atoms with E-state index < -0.39 is 0 Å². The molecule has 1 aliphatic carbocycles. The summed E-state index contributed by atoms with van der Waals surface area (Å²) in [5.74, 6) is 2.01. The van der Waals surface area contributed by atoms with Crippen molar-refractivity contribution in [2.75, 3.05) is 16.8 Å². The van der Waals surface area contributed by atoms with Crippen LogP contribution in [0.4, 0.5) is 11.6 Å². The van der Waals surface area contributed by atoms with Crippen molar-refractivity contribution in [2.45, 2.75) is 51.1 Å². The molecule has 2 aromatic rings. The predicted molar refractivity (Wildman–Crippen MR) is 93.7 cm³/mol. The summed E-state index contributed by atoms with van der Waals surface area (Å²) < 4.78 is 0. The van der Waals surface area contributed by atoms with Crippen molar-refractivity contribution in [1.29, 1.82) is 0 Å². The van der Waals surface area contributed by atoms with Gasteiger partial charge in [-0.2, -0.15) is 0 Å². The molecule has 4 nitrogen and oxygen atoms in total. The lowest BCUT2D eigenvalue weighted by molar-refractivity contribution is 0.462. The Bertz CT molecular complexity index is 664. The average molecular weight is 308 g/mol. The van der Waals surface area contributed by atoms with Crippen LogP contribution >= 0.6 is 0 Å². The standard InChI is InChI=1S/C19H24N4/c1-2-8-17(9-3-1)22-18-12-19(21-14-20-18)23-11-10-15-6-4-5-7-16(15)13-23/h4-7,12,14,17H,1-3,8-11,13H2,(H,20,21,22). The summed E-state index contributed by atoms with van der Waals surface area (Å²) in [6.07, 6.45) is 9.34. The molecular formula is C19H24N4. The maximum Gasteiger partial charge on any atom is 0.134 e. The van der Waals surface area contributed by atoms with E-state index >= 15 is 0 Å². The molecule has 0 saturated heterocycles. The van der Waals surface area contributed by atoms with Gasteiger partial charge in [0.1, 0.15) is 18.0 Å². The molecule has 0 bridgehead atoms. The van der Waals surface area contributed by atoms with Gasteiger partial charge < -0.3 is 10.2 Å². The van der Waals surface area contributed by atoms with Crippen LogP contribution in [0.2, 0.25) is 0 Å². The molecule has 1 N–H and O–H groups in total. The van der Waals surface area contributed by atoms with E-state index in [9.17, 15) is 0 Å². The van der Waals surface area contributed by atoms with E-state index in [4.69, 9.17) is 0 Å². The fourth-order valence-corrected chi connectivity index (χ4v) is 3.75. The van der Waals surface area contributed by atoms with Crippen LogP contribution in [0, 0.1) is 0 Å². The van der Waals surface area contributed by atoms with Gasteiger partial charge in [-0.25, -0.2) is 9.97 Å². The molecule has 1 fully saturated rings. The molecule has 2 aliphatic rings. The summed E-state index contributed by atoms with van der Waals surface area (Å²) in [7, 11) is 0. The predicted octanol–water partition coefficient (Wildman–Crippen LogP) is 3.78. The first-order chi connectivity index (χ1) is 11.4. The monoisotopic (exact) mass is 308 g/mol. The van der Waals surface area contributed by atoms with Crippen LogP contribution in [0.1, 0.15) is 43.2 Å². The fourth-order valence-electron chi connectivity index (χ4n) is 3.75. The molecule has 0 spiro atoms. The largest absolute Gasteiger partial charge is 0.367 e. The lowest BCUT2D eigenvalue weighted by Crippen LogP contribution is -2.31. The van der Waals surface area contributed by atoms with Crippen LogP contribution in [0.25, 0.3) is 0 Å². The SMILES string of the molecule is c1ccc2c(c1)CCN(c1cc(NC3CCCCC3)ncn1)C2. The Labute approximate surface area is 138 Å². The Morgan fingerprint density at radius 2 is 1.83 bits per heavy atom. The maximum absolute atomic E-state index is 4.50. The normalized spacial score (nSPS) is 18.5. The molecule has 23 heavy (non-hydrogen) atoms. The lowest BCUT2D eigenvalue weighted by atomic mass is 9.95. The molecule has 1 aromatic heterocycles. The minimum Gasteiger partial charge on any atom is -0.367 e. The average Bonchev–Trinajstić information content (AvgIpc) is 2.62. The Hall–Kier alpha value is -2.10. The van der Waals surface area contributed by atoms with Gasteiger partial charge in [0.15, 0.2) is 0 Å². The molecule has 0 atom stereocenters. The zero-order valence-electron chi connectivity index (χ0n) is 13.5. The number of nitrogens with one attached hydrogen (secondary N) is 1. The minimum atomic E-state index is 0.577. The summed E-state index contributed by atoms with van der Waals surface area (Å²) in [5.41, 5.74) is 2.89. The van der Waals surface area contributed by atoms with E-state index in [2.05, 4.69) is 50.5 Å². The first-order valence-electron chi connectivity index (χ1n) is 8.79. The van der Waals surface area contributed by atoms with Crippen molar-refractivity contribution in [3.8, 4) is 0 Å². The summed E-state index contributed by atoms with van der Waals surface area (Å²) in [6.45, 7) is 1.97. The summed E-state index contributed by atoms with van der Waals surface area (Å²) in [5, 5.41) is 3.60. The molecule has 0 amide bonds. The number of fused-ring (bicyclic) bond motifs is 1. The van der Waals surface area contributed by atoms with Crippen LogP contribution in [-0.2, 0) is 13.0 Å². The molecule has 1 saturated carbocycles. The van der Waals surface area contributed by atoms with Crippen molar-refractivity contribution in [3.05, 3.63) is 47.8 Å². The third-order valence-corrected chi connectivity index (χ3v) is 5.06. The van der Waals surface area contributed by atoms with Crippen molar-refractivity contribution in [3.63, 3.8) is 0 Å². The molecule has 0 unspecified atom stereocenters. The Balaban J connectivity index is 1.48. The van der Waals surface area contributed by atoms with Crippen LogP contribution in [0.3, 0.4) is 0 Å². The van der Waals surface area contributed by atoms with Gasteiger partial charge in [-0.15, -0.1) is 0 Å². The van der Waals surface area contributed by atoms with Gasteiger partial charge in [0, 0.05) is 25.2 Å². The van der Waals surface area contributed by atoms with Gasteiger partial charge in [-0.05, 0) is 30.4 Å². The number of benzene rings is 1. The second kappa shape index (κ2) is 6.57. The quantitative estimate of drug-likeness (QED) is 0.937. The molecule has 4 rings (SSSR count). The van der Waals surface area contributed by atoms with E-state index in [1.54, 1.807) is 6.33 Å². The zero-order valence-corrected chi connectivity index (χ0v) is 13.5. The van der Waals surface area contributed by atoms with E-state index in [-0.39, 0.29) is 0 Å². The summed E-state index contributed by atoms with van der Waals surface area (Å²) >= 11 is 0. The summed E-state index contributed by atoms with van der Waals surface area (Å²) in [6, 6.07) is 11.4. The third kappa shape index (κ3) is 3.31. The first-order valence-corrected chi connectivity index (χ1v) is 8.79. The molecule has 0 radical (unpaired) electrons. The third-order valence-electron chi connectivity index (χ3n) is 5.06. The number of nitrogens with zero attached hydrogens (tertiary/aromatic N) is 3. The van der Waals surface area contributed by atoms with E-state index in [1.807, 2.05) is 0 Å². The number of hydrogen-bond donors (Lipinski definition) is 1. The van der Waals surface area contributed by atoms with Gasteiger partial charge in [0.25, 0.3) is 0 Å². The lowest BCUT2D eigenvalue weighted by Gasteiger charge is -2.30. The van der Waals surface area contributed by atoms with Crippen LogP contribution < -0.4 is 10.2 Å². The van der Waals surface area contributed by atoms with Crippen molar-refractivity contribution < 1.29 is 0 Å². The van der Waals surface area contributed by atoms with E-state index in [0.717, 1.165) is 31.1 Å². The highest BCUT2D eigenvalue weighted by atomic mass is 15.2. The Morgan fingerprint density at radius 3 is 2.70 bits per heavy atom. The number of hydrogen-bond acceptors (Lipinski definition) is 4. The smallest absolute Gasteiger partial charge is 0.134 e. The molecule has 120 valence electrons. The Kier molecular flexibility index (Phi) is 4.14. The van der Waals surface area contributed by atoms with Gasteiger partial charge >= 0.3 is 0 Å². The fraction of sp³-hybridized carbons (Fsp3) is 0.474. The van der Waals surface area contributed by atoms with Crippen LogP contribution in [0.15, 0.2) is 36.7 Å². The van der Waals surface area contributed by atoms with Crippen LogP contribution in [-0.4, -0.2) is 22.6 Å². The van der Waals surface area contributed by atoms with Crippen molar-refractivity contribution in [2.24, 2.45) is 0 Å². The highest BCUT2D eigenvalue weighted by molar-refractivity contribution is 5.51. The second-order valence-corrected chi connectivity index (χ2v) is 6.68. The topological polar surface area (TPSA) is 41.0 Å². The zero-order chi connectivity index (χ0) is 15.5. The highest BCUT2D eigenvalue weighted by Crippen LogP contribution is 2.25. The molecule has 4 heteroatoms. The first kappa shape index (κ1) is 14.5. The number of anilines is 2. The van der Waals surface area contributed by atoms with E-state index in [1.165, 1.54) is 43.2 Å². The van der Waals surface area contributed by atoms with Crippen molar-refractivity contribution >= 4 is 11.6 Å². The highest BCUT2D eigenvalue weighted by Gasteiger charge is 2.18.